The highest BCUT2D eigenvalue weighted by Crippen LogP contribution is 2.37. The first-order chi connectivity index (χ1) is 14.5. The normalized spacial score (nSPS) is 15.7. The molecule has 30 heavy (non-hydrogen) atoms. The Kier molecular flexibility index (Phi) is 5.35. The summed E-state index contributed by atoms with van der Waals surface area (Å²) in [4.78, 5) is 28.8. The van der Waals surface area contributed by atoms with E-state index in [0.717, 1.165) is 52.6 Å². The molecule has 0 aliphatic carbocycles. The number of carbonyl (C=O) groups is 2. The van der Waals surface area contributed by atoms with Gasteiger partial charge in [0.1, 0.15) is 11.5 Å². The Morgan fingerprint density at radius 1 is 1.27 bits per heavy atom. The molecule has 1 atom stereocenters. The van der Waals surface area contributed by atoms with Crippen molar-refractivity contribution in [1.29, 1.82) is 0 Å². The topological polar surface area (TPSA) is 97.7 Å². The Hall–Kier alpha value is -3.48. The first-order valence-electron chi connectivity index (χ1n) is 9.91. The lowest BCUT2D eigenvalue weighted by Crippen LogP contribution is -2.35. The number of H-pyrrole nitrogens is 1. The number of hydrogen-bond acceptors (Lipinski definition) is 4. The van der Waals surface area contributed by atoms with Crippen molar-refractivity contribution in [2.45, 2.75) is 25.3 Å². The molecule has 156 valence electrons. The highest BCUT2D eigenvalue weighted by molar-refractivity contribution is 5.96. The van der Waals surface area contributed by atoms with Crippen molar-refractivity contribution in [3.63, 3.8) is 0 Å². The third-order valence-electron chi connectivity index (χ3n) is 5.92. The first-order valence-corrected chi connectivity index (χ1v) is 9.91. The van der Waals surface area contributed by atoms with E-state index in [1.54, 1.807) is 18.1 Å². The van der Waals surface area contributed by atoms with Crippen LogP contribution >= 0.6 is 0 Å². The number of fused-ring (bicyclic) bond motifs is 2. The number of hydrogen-bond donors (Lipinski definition) is 2. The van der Waals surface area contributed by atoms with Crippen LogP contribution in [0.5, 0.6) is 11.5 Å². The van der Waals surface area contributed by atoms with Gasteiger partial charge in [-0.25, -0.2) is 0 Å². The molecule has 0 saturated carbocycles. The van der Waals surface area contributed by atoms with Crippen molar-refractivity contribution in [1.82, 2.24) is 9.88 Å². The van der Waals surface area contributed by atoms with Crippen LogP contribution < -0.4 is 15.2 Å². The molecule has 1 aliphatic heterocycles. The standard InChI is InChI=1S/C23H25N3O4/c1-29-16-4-5-20-17(10-16)15(12-25-20)3-6-21-18-11-19(23(24)28)22(30-2)9-14(18)7-8-26(21)13-27/h4-5,9-13,21,25H,3,6-8H2,1-2H3,(H2,24,28). The lowest BCUT2D eigenvalue weighted by Gasteiger charge is -2.35. The predicted octanol–water partition coefficient (Wildman–Crippen LogP) is 2.97. The van der Waals surface area contributed by atoms with Crippen LogP contribution in [0.2, 0.25) is 0 Å². The number of aryl methyl sites for hydroxylation is 1. The van der Waals surface area contributed by atoms with Gasteiger partial charge in [-0.2, -0.15) is 0 Å². The third-order valence-corrected chi connectivity index (χ3v) is 5.92. The molecule has 0 fully saturated rings. The number of primary amides is 1. The largest absolute Gasteiger partial charge is 0.497 e. The van der Waals surface area contributed by atoms with Crippen LogP contribution in [0.15, 0.2) is 36.5 Å². The number of nitrogens with two attached hydrogens (primary N) is 1. The van der Waals surface area contributed by atoms with E-state index >= 15 is 0 Å². The summed E-state index contributed by atoms with van der Waals surface area (Å²) in [7, 11) is 3.18. The second-order valence-electron chi connectivity index (χ2n) is 7.49. The molecule has 7 nitrogen and oxygen atoms in total. The fourth-order valence-corrected chi connectivity index (χ4v) is 4.34. The third kappa shape index (κ3) is 3.47. The summed E-state index contributed by atoms with van der Waals surface area (Å²) in [6, 6.07) is 9.47. The van der Waals surface area contributed by atoms with Gasteiger partial charge in [-0.3, -0.25) is 9.59 Å². The Labute approximate surface area is 174 Å². The quantitative estimate of drug-likeness (QED) is 0.589. The molecule has 1 aromatic heterocycles. The van der Waals surface area contributed by atoms with E-state index in [1.165, 1.54) is 7.11 Å². The summed E-state index contributed by atoms with van der Waals surface area (Å²) in [6.07, 6.45) is 5.09. The number of amides is 2. The Morgan fingerprint density at radius 3 is 2.80 bits per heavy atom. The lowest BCUT2D eigenvalue weighted by molar-refractivity contribution is -0.120. The molecule has 2 heterocycles. The minimum Gasteiger partial charge on any atom is -0.497 e. The fraction of sp³-hybridized carbons (Fsp3) is 0.304. The van der Waals surface area contributed by atoms with Gasteiger partial charge in [0.15, 0.2) is 0 Å². The van der Waals surface area contributed by atoms with Crippen molar-refractivity contribution in [2.75, 3.05) is 20.8 Å². The minimum atomic E-state index is -0.541. The summed E-state index contributed by atoms with van der Waals surface area (Å²) in [6.45, 7) is 0.627. The molecule has 3 N–H and O–H groups in total. The van der Waals surface area contributed by atoms with E-state index in [2.05, 4.69) is 4.98 Å². The summed E-state index contributed by atoms with van der Waals surface area (Å²) in [5.74, 6) is 0.739. The van der Waals surface area contributed by atoms with E-state index in [4.69, 9.17) is 15.2 Å². The van der Waals surface area contributed by atoms with Gasteiger partial charge in [-0.05, 0) is 66.3 Å². The number of aromatic amines is 1. The van der Waals surface area contributed by atoms with E-state index in [0.29, 0.717) is 24.3 Å². The molecule has 3 aromatic rings. The van der Waals surface area contributed by atoms with Crippen LogP contribution in [-0.2, 0) is 17.6 Å². The summed E-state index contributed by atoms with van der Waals surface area (Å²) >= 11 is 0. The zero-order valence-corrected chi connectivity index (χ0v) is 17.1. The second kappa shape index (κ2) is 8.10. The first kappa shape index (κ1) is 19.8. The zero-order valence-electron chi connectivity index (χ0n) is 17.1. The number of methoxy groups -OCH3 is 2. The van der Waals surface area contributed by atoms with Gasteiger partial charge in [0.25, 0.3) is 5.91 Å². The summed E-state index contributed by atoms with van der Waals surface area (Å²) in [5, 5.41) is 1.11. The number of rotatable bonds is 7. The number of benzene rings is 2. The number of nitrogens with one attached hydrogen (secondary N) is 1. The summed E-state index contributed by atoms with van der Waals surface area (Å²) in [5.41, 5.74) is 10.1. The zero-order chi connectivity index (χ0) is 21.3. The van der Waals surface area contributed by atoms with Gasteiger partial charge in [0.05, 0.1) is 25.8 Å². The van der Waals surface area contributed by atoms with E-state index in [1.807, 2.05) is 30.5 Å². The van der Waals surface area contributed by atoms with Crippen LogP contribution in [0, 0.1) is 0 Å². The maximum absolute atomic E-state index is 11.9. The van der Waals surface area contributed by atoms with Crippen molar-refractivity contribution in [2.24, 2.45) is 5.73 Å². The van der Waals surface area contributed by atoms with E-state index < -0.39 is 5.91 Å². The molecule has 1 aliphatic rings. The molecule has 2 amide bonds. The molecule has 0 radical (unpaired) electrons. The van der Waals surface area contributed by atoms with Gasteiger partial charge in [0, 0.05) is 23.6 Å². The van der Waals surface area contributed by atoms with E-state index in [-0.39, 0.29) is 6.04 Å². The van der Waals surface area contributed by atoms with Crippen molar-refractivity contribution < 1.29 is 19.1 Å². The molecule has 2 aromatic carbocycles. The van der Waals surface area contributed by atoms with Crippen molar-refractivity contribution >= 4 is 23.2 Å². The van der Waals surface area contributed by atoms with Crippen LogP contribution in [0.3, 0.4) is 0 Å². The van der Waals surface area contributed by atoms with Crippen molar-refractivity contribution in [3.05, 3.63) is 58.8 Å². The van der Waals surface area contributed by atoms with Gasteiger partial charge in [-0.1, -0.05) is 0 Å². The van der Waals surface area contributed by atoms with Gasteiger partial charge in [-0.15, -0.1) is 0 Å². The molecule has 0 saturated heterocycles. The average molecular weight is 407 g/mol. The highest BCUT2D eigenvalue weighted by atomic mass is 16.5. The Balaban J connectivity index is 1.67. The highest BCUT2D eigenvalue weighted by Gasteiger charge is 2.28. The van der Waals surface area contributed by atoms with Gasteiger partial charge < -0.3 is 25.1 Å². The number of ether oxygens (including phenoxy) is 2. The number of aromatic nitrogens is 1. The molecular weight excluding hydrogens is 382 g/mol. The minimum absolute atomic E-state index is 0.134. The molecule has 7 heteroatoms. The lowest BCUT2D eigenvalue weighted by atomic mass is 9.87. The van der Waals surface area contributed by atoms with Crippen LogP contribution in [0.4, 0.5) is 0 Å². The summed E-state index contributed by atoms with van der Waals surface area (Å²) < 4.78 is 10.7. The molecule has 4 rings (SSSR count). The van der Waals surface area contributed by atoms with Gasteiger partial charge >= 0.3 is 0 Å². The Morgan fingerprint density at radius 2 is 2.10 bits per heavy atom. The monoisotopic (exact) mass is 407 g/mol. The van der Waals surface area contributed by atoms with Crippen molar-refractivity contribution in [3.8, 4) is 11.5 Å². The van der Waals surface area contributed by atoms with Crippen LogP contribution in [0.25, 0.3) is 10.9 Å². The Bertz CT molecular complexity index is 1110. The fourth-order valence-electron chi connectivity index (χ4n) is 4.34. The smallest absolute Gasteiger partial charge is 0.252 e. The molecular formula is C23H25N3O4. The van der Waals surface area contributed by atoms with Crippen LogP contribution in [0.1, 0.15) is 39.5 Å². The second-order valence-corrected chi connectivity index (χ2v) is 7.49. The SMILES string of the molecule is COc1ccc2[nH]cc(CCC3c4cc(C(N)=O)c(OC)cc4CCN3C=O)c2c1. The van der Waals surface area contributed by atoms with E-state index in [9.17, 15) is 9.59 Å². The molecule has 0 spiro atoms. The van der Waals surface area contributed by atoms with Gasteiger partial charge in [0.2, 0.25) is 6.41 Å². The molecule has 1 unspecified atom stereocenters. The predicted molar refractivity (Wildman–Crippen MR) is 114 cm³/mol. The average Bonchev–Trinajstić information content (AvgIpc) is 3.18. The number of nitrogens with zero attached hydrogens (tertiary/aromatic N) is 1. The maximum atomic E-state index is 11.9. The number of carbonyl (C=O) groups excluding carboxylic acids is 2. The van der Waals surface area contributed by atoms with Crippen LogP contribution in [-0.4, -0.2) is 43.0 Å². The molecule has 0 bridgehead atoms. The maximum Gasteiger partial charge on any atom is 0.252 e.